The van der Waals surface area contributed by atoms with Crippen LogP contribution >= 0.6 is 11.6 Å². The normalized spacial score (nSPS) is 12.2. The fourth-order valence-corrected chi connectivity index (χ4v) is 2.36. The number of hydrogen-bond acceptors (Lipinski definition) is 3. The molecule has 80 valence electrons. The van der Waals surface area contributed by atoms with Gasteiger partial charge in [-0.15, -0.1) is 0 Å². The van der Waals surface area contributed by atoms with Crippen LogP contribution in [0.2, 0.25) is 5.02 Å². The van der Waals surface area contributed by atoms with Crippen molar-refractivity contribution in [1.82, 2.24) is 0 Å². The van der Waals surface area contributed by atoms with E-state index in [1.165, 1.54) is 0 Å². The highest BCUT2D eigenvalue weighted by Gasteiger charge is 2.19. The summed E-state index contributed by atoms with van der Waals surface area (Å²) < 4.78 is 27.5. The summed E-state index contributed by atoms with van der Waals surface area (Å²) in [7, 11) is -3.82. The van der Waals surface area contributed by atoms with Gasteiger partial charge in [0.05, 0.1) is 0 Å². The molecule has 15 heavy (non-hydrogen) atoms. The van der Waals surface area contributed by atoms with Gasteiger partial charge in [0, 0.05) is 16.0 Å². The lowest BCUT2D eigenvalue weighted by atomic mass is 10.2. The molecular formula is C9H8ClNO3S. The van der Waals surface area contributed by atoms with Gasteiger partial charge < -0.3 is 4.42 Å². The van der Waals surface area contributed by atoms with Gasteiger partial charge in [0.15, 0.2) is 0 Å². The van der Waals surface area contributed by atoms with E-state index in [4.69, 9.17) is 21.2 Å². The zero-order valence-corrected chi connectivity index (χ0v) is 9.39. The molecule has 4 nitrogen and oxygen atoms in total. The number of nitrogens with two attached hydrogens (primary N) is 1. The Balaban J connectivity index is 2.87. The van der Waals surface area contributed by atoms with Gasteiger partial charge in [-0.2, -0.15) is 0 Å². The summed E-state index contributed by atoms with van der Waals surface area (Å²) in [5.41, 5.74) is 0.941. The second-order valence-electron chi connectivity index (χ2n) is 3.20. The van der Waals surface area contributed by atoms with Crippen molar-refractivity contribution in [3.05, 3.63) is 28.8 Å². The summed E-state index contributed by atoms with van der Waals surface area (Å²) in [6.45, 7) is 1.63. The molecule has 2 aromatic rings. The molecule has 0 saturated carbocycles. The number of benzene rings is 1. The Morgan fingerprint density at radius 3 is 2.67 bits per heavy atom. The number of primary sulfonamides is 1. The van der Waals surface area contributed by atoms with E-state index in [1.807, 2.05) is 0 Å². The van der Waals surface area contributed by atoms with Crippen LogP contribution in [0.25, 0.3) is 11.0 Å². The van der Waals surface area contributed by atoms with Gasteiger partial charge in [0.25, 0.3) is 10.0 Å². The number of aryl methyl sites for hydroxylation is 1. The number of rotatable bonds is 1. The first-order valence-electron chi connectivity index (χ1n) is 4.11. The highest BCUT2D eigenvalue weighted by molar-refractivity contribution is 7.89. The van der Waals surface area contributed by atoms with Crippen molar-refractivity contribution in [2.24, 2.45) is 5.14 Å². The highest BCUT2D eigenvalue weighted by Crippen LogP contribution is 2.29. The Labute approximate surface area is 91.7 Å². The monoisotopic (exact) mass is 245 g/mol. The summed E-state index contributed by atoms with van der Waals surface area (Å²) in [5, 5.41) is 5.98. The molecule has 1 heterocycles. The summed E-state index contributed by atoms with van der Waals surface area (Å²) in [4.78, 5) is 0. The Hall–Kier alpha value is -1.04. The predicted molar refractivity (Wildman–Crippen MR) is 57.3 cm³/mol. The summed E-state index contributed by atoms with van der Waals surface area (Å²) in [6.07, 6.45) is 0. The molecular weight excluding hydrogens is 238 g/mol. The molecule has 0 spiro atoms. The predicted octanol–water partition coefficient (Wildman–Crippen LogP) is 2.04. The molecule has 0 unspecified atom stereocenters. The minimum atomic E-state index is -3.82. The van der Waals surface area contributed by atoms with Crippen LogP contribution in [0.4, 0.5) is 0 Å². The fraction of sp³-hybridized carbons (Fsp3) is 0.111. The maximum atomic E-state index is 11.2. The molecule has 1 aromatic carbocycles. The van der Waals surface area contributed by atoms with E-state index in [1.54, 1.807) is 25.1 Å². The van der Waals surface area contributed by atoms with Gasteiger partial charge in [-0.1, -0.05) is 11.6 Å². The number of fused-ring (bicyclic) bond motifs is 1. The van der Waals surface area contributed by atoms with Gasteiger partial charge >= 0.3 is 0 Å². The lowest BCUT2D eigenvalue weighted by Gasteiger charge is -1.92. The van der Waals surface area contributed by atoms with Gasteiger partial charge in [-0.25, -0.2) is 13.6 Å². The van der Waals surface area contributed by atoms with E-state index in [2.05, 4.69) is 0 Å². The molecule has 2 N–H and O–H groups in total. The molecule has 0 aliphatic rings. The lowest BCUT2D eigenvalue weighted by molar-refractivity contribution is 0.478. The smallest absolute Gasteiger partial charge is 0.271 e. The van der Waals surface area contributed by atoms with Crippen molar-refractivity contribution in [3.63, 3.8) is 0 Å². The van der Waals surface area contributed by atoms with E-state index in [0.29, 0.717) is 21.6 Å². The lowest BCUT2D eigenvalue weighted by Crippen LogP contribution is -2.12. The number of halogens is 1. The first-order valence-corrected chi connectivity index (χ1v) is 6.03. The van der Waals surface area contributed by atoms with Crippen molar-refractivity contribution in [1.29, 1.82) is 0 Å². The molecule has 0 atom stereocenters. The molecule has 2 rings (SSSR count). The van der Waals surface area contributed by atoms with E-state index >= 15 is 0 Å². The largest absolute Gasteiger partial charge is 0.443 e. The third kappa shape index (κ3) is 1.73. The molecule has 0 amide bonds. The average Bonchev–Trinajstić information content (AvgIpc) is 2.43. The second-order valence-corrected chi connectivity index (χ2v) is 5.10. The molecule has 0 bridgehead atoms. The number of sulfonamides is 1. The van der Waals surface area contributed by atoms with Crippen molar-refractivity contribution in [2.45, 2.75) is 12.0 Å². The van der Waals surface area contributed by atoms with Gasteiger partial charge in [-0.3, -0.25) is 0 Å². The van der Waals surface area contributed by atoms with Crippen LogP contribution in [0.15, 0.2) is 27.7 Å². The number of hydrogen-bond donors (Lipinski definition) is 1. The molecule has 0 radical (unpaired) electrons. The minimum absolute atomic E-state index is 0.209. The summed E-state index contributed by atoms with van der Waals surface area (Å²) in [5.74, 6) is 0. The quantitative estimate of drug-likeness (QED) is 0.836. The van der Waals surface area contributed by atoms with Crippen molar-refractivity contribution in [3.8, 4) is 0 Å². The van der Waals surface area contributed by atoms with Crippen molar-refractivity contribution >= 4 is 32.6 Å². The van der Waals surface area contributed by atoms with E-state index in [9.17, 15) is 8.42 Å². The zero-order chi connectivity index (χ0) is 11.2. The van der Waals surface area contributed by atoms with E-state index in [0.717, 1.165) is 0 Å². The molecule has 0 aliphatic carbocycles. The fourth-order valence-electron chi connectivity index (χ4n) is 1.44. The Bertz CT molecular complexity index is 630. The summed E-state index contributed by atoms with van der Waals surface area (Å²) >= 11 is 5.79. The first kappa shape index (κ1) is 10.5. The van der Waals surface area contributed by atoms with Crippen LogP contribution in [0.5, 0.6) is 0 Å². The maximum Gasteiger partial charge on any atom is 0.271 e. The zero-order valence-electron chi connectivity index (χ0n) is 7.82. The second kappa shape index (κ2) is 3.23. The molecule has 6 heteroatoms. The SMILES string of the molecule is Cc1c(S(N)(=O)=O)oc2ccc(Cl)cc12. The van der Waals surface area contributed by atoms with Crippen molar-refractivity contribution in [2.75, 3.05) is 0 Å². The van der Waals surface area contributed by atoms with Gasteiger partial charge in [-0.05, 0) is 25.1 Å². The third-order valence-corrected chi connectivity index (χ3v) is 3.25. The van der Waals surface area contributed by atoms with Crippen LogP contribution in [0.3, 0.4) is 0 Å². The molecule has 0 saturated heterocycles. The van der Waals surface area contributed by atoms with Crippen LogP contribution in [0, 0.1) is 6.92 Å². The van der Waals surface area contributed by atoms with Crippen LogP contribution in [-0.4, -0.2) is 8.42 Å². The Morgan fingerprint density at radius 2 is 2.07 bits per heavy atom. The van der Waals surface area contributed by atoms with Gasteiger partial charge in [0.2, 0.25) is 5.09 Å². The average molecular weight is 246 g/mol. The third-order valence-electron chi connectivity index (χ3n) is 2.11. The molecule has 0 fully saturated rings. The Kier molecular flexibility index (Phi) is 2.26. The summed E-state index contributed by atoms with van der Waals surface area (Å²) in [6, 6.07) is 4.88. The standard InChI is InChI=1S/C9H8ClNO3S/c1-5-7-4-6(10)2-3-8(7)14-9(5)15(11,12)13/h2-4H,1H3,(H2,11,12,13). The topological polar surface area (TPSA) is 73.3 Å². The van der Waals surface area contributed by atoms with Gasteiger partial charge in [0.1, 0.15) is 5.58 Å². The van der Waals surface area contributed by atoms with Crippen LogP contribution in [0.1, 0.15) is 5.56 Å². The first-order chi connectivity index (χ1) is 6.89. The number of furan rings is 1. The molecule has 0 aliphatic heterocycles. The highest BCUT2D eigenvalue weighted by atomic mass is 35.5. The van der Waals surface area contributed by atoms with Crippen molar-refractivity contribution < 1.29 is 12.8 Å². The van der Waals surface area contributed by atoms with E-state index in [-0.39, 0.29) is 5.09 Å². The van der Waals surface area contributed by atoms with Crippen LogP contribution in [-0.2, 0) is 10.0 Å². The maximum absolute atomic E-state index is 11.2. The minimum Gasteiger partial charge on any atom is -0.443 e. The van der Waals surface area contributed by atoms with Crippen LogP contribution < -0.4 is 5.14 Å². The molecule has 1 aromatic heterocycles. The Morgan fingerprint density at radius 1 is 1.40 bits per heavy atom. The van der Waals surface area contributed by atoms with E-state index < -0.39 is 10.0 Å².